The summed E-state index contributed by atoms with van der Waals surface area (Å²) in [6, 6.07) is 6.89. The average Bonchev–Trinajstić information content (AvgIpc) is 3.11. The van der Waals surface area contributed by atoms with Gasteiger partial charge in [0, 0.05) is 17.3 Å². The zero-order valence-electron chi connectivity index (χ0n) is 16.3. The number of anilines is 1. The maximum absolute atomic E-state index is 6.21. The van der Waals surface area contributed by atoms with E-state index in [1.165, 1.54) is 54.6 Å². The maximum Gasteiger partial charge on any atom is 0.124 e. The number of benzene rings is 1. The monoisotopic (exact) mass is 356 g/mol. The molecule has 4 nitrogen and oxygen atoms in total. The summed E-state index contributed by atoms with van der Waals surface area (Å²) in [7, 11) is 0. The summed E-state index contributed by atoms with van der Waals surface area (Å²) in [6.45, 7) is 8.39. The summed E-state index contributed by atoms with van der Waals surface area (Å²) in [4.78, 5) is 8.74. The van der Waals surface area contributed by atoms with Crippen LogP contribution in [0.2, 0.25) is 0 Å². The number of fused-ring (bicyclic) bond motifs is 1. The van der Waals surface area contributed by atoms with Crippen molar-refractivity contribution < 1.29 is 9.57 Å². The minimum Gasteiger partial charge on any atom is -0.492 e. The van der Waals surface area contributed by atoms with Gasteiger partial charge in [-0.1, -0.05) is 19.9 Å². The second kappa shape index (κ2) is 8.01. The van der Waals surface area contributed by atoms with Gasteiger partial charge in [0.25, 0.3) is 0 Å². The molecular weight excluding hydrogens is 324 g/mol. The second-order valence-electron chi connectivity index (χ2n) is 7.78. The molecule has 4 rings (SSSR count). The van der Waals surface area contributed by atoms with Crippen LogP contribution < -0.4 is 9.80 Å². The van der Waals surface area contributed by atoms with Crippen molar-refractivity contribution in [2.24, 2.45) is 0 Å². The molecule has 1 aliphatic carbocycles. The van der Waals surface area contributed by atoms with Crippen LogP contribution in [0.1, 0.15) is 57.9 Å². The first-order valence-corrected chi connectivity index (χ1v) is 10.4. The van der Waals surface area contributed by atoms with Gasteiger partial charge in [0.05, 0.1) is 12.3 Å². The molecule has 142 valence electrons. The molecule has 0 spiro atoms. The molecule has 1 aromatic carbocycles. The lowest BCUT2D eigenvalue weighted by atomic mass is 9.95. The van der Waals surface area contributed by atoms with Crippen molar-refractivity contribution in [1.82, 2.24) is 4.90 Å². The van der Waals surface area contributed by atoms with Gasteiger partial charge in [-0.05, 0) is 75.7 Å². The van der Waals surface area contributed by atoms with Crippen molar-refractivity contribution in [3.05, 3.63) is 35.0 Å². The Labute approximate surface area is 157 Å². The van der Waals surface area contributed by atoms with E-state index < -0.39 is 0 Å². The van der Waals surface area contributed by atoms with Crippen LogP contribution in [0.4, 0.5) is 5.69 Å². The lowest BCUT2D eigenvalue weighted by Crippen LogP contribution is -2.44. The Hall–Kier alpha value is -1.52. The Balaban J connectivity index is 1.61. The molecule has 2 heterocycles. The summed E-state index contributed by atoms with van der Waals surface area (Å²) >= 11 is 0. The van der Waals surface area contributed by atoms with Gasteiger partial charge in [0.2, 0.25) is 0 Å². The molecule has 26 heavy (non-hydrogen) atoms. The van der Waals surface area contributed by atoms with Gasteiger partial charge in [0.1, 0.15) is 12.4 Å². The highest BCUT2D eigenvalue weighted by atomic mass is 16.7. The van der Waals surface area contributed by atoms with E-state index in [-0.39, 0.29) is 0 Å². The molecule has 4 heteroatoms. The summed E-state index contributed by atoms with van der Waals surface area (Å²) in [5.41, 5.74) is 5.43. The van der Waals surface area contributed by atoms with Crippen molar-refractivity contribution in [2.75, 3.05) is 31.4 Å². The maximum atomic E-state index is 6.21. The average molecular weight is 357 g/mol. The molecule has 1 unspecified atom stereocenters. The van der Waals surface area contributed by atoms with Gasteiger partial charge in [-0.2, -0.15) is 0 Å². The van der Waals surface area contributed by atoms with E-state index in [1.54, 1.807) is 0 Å². The Morgan fingerprint density at radius 1 is 1.12 bits per heavy atom. The molecule has 0 N–H and O–H groups in total. The minimum atomic E-state index is 0.464. The predicted octanol–water partition coefficient (Wildman–Crippen LogP) is 4.69. The molecule has 0 saturated carbocycles. The first-order valence-electron chi connectivity index (χ1n) is 10.4. The van der Waals surface area contributed by atoms with Crippen LogP contribution in [0.15, 0.2) is 29.5 Å². The quantitative estimate of drug-likeness (QED) is 0.738. The third-order valence-electron chi connectivity index (χ3n) is 5.90. The van der Waals surface area contributed by atoms with Gasteiger partial charge >= 0.3 is 0 Å². The molecule has 2 aliphatic heterocycles. The second-order valence-corrected chi connectivity index (χ2v) is 7.78. The molecular formula is C22H32N2O2. The zero-order chi connectivity index (χ0) is 17.9. The van der Waals surface area contributed by atoms with Gasteiger partial charge in [0.15, 0.2) is 0 Å². The van der Waals surface area contributed by atoms with Crippen LogP contribution in [0.3, 0.4) is 0 Å². The highest BCUT2D eigenvalue weighted by molar-refractivity contribution is 5.63. The Morgan fingerprint density at radius 2 is 1.92 bits per heavy atom. The van der Waals surface area contributed by atoms with Crippen molar-refractivity contribution in [3.63, 3.8) is 0 Å². The van der Waals surface area contributed by atoms with Crippen molar-refractivity contribution in [3.8, 4) is 5.75 Å². The normalized spacial score (nSPS) is 22.4. The highest BCUT2D eigenvalue weighted by Crippen LogP contribution is 2.41. The van der Waals surface area contributed by atoms with Crippen molar-refractivity contribution >= 4 is 5.69 Å². The first kappa shape index (κ1) is 17.9. The molecule has 1 atom stereocenters. The molecule has 3 aliphatic rings. The molecule has 0 radical (unpaired) electrons. The van der Waals surface area contributed by atoms with Gasteiger partial charge in [-0.25, -0.2) is 5.06 Å². The number of hydrogen-bond donors (Lipinski definition) is 0. The van der Waals surface area contributed by atoms with E-state index in [4.69, 9.17) is 9.57 Å². The smallest absolute Gasteiger partial charge is 0.124 e. The molecule has 0 fully saturated rings. The molecule has 1 aromatic rings. The lowest BCUT2D eigenvalue weighted by molar-refractivity contribution is 0.117. The lowest BCUT2D eigenvalue weighted by Gasteiger charge is -2.36. The summed E-state index contributed by atoms with van der Waals surface area (Å²) in [5, 5.41) is 2.13. The fraction of sp³-hybridized carbons (Fsp3) is 0.636. The number of hydrogen-bond acceptors (Lipinski definition) is 4. The van der Waals surface area contributed by atoms with Crippen LogP contribution in [0.5, 0.6) is 5.75 Å². The number of hydroxylamine groups is 1. The van der Waals surface area contributed by atoms with E-state index in [1.807, 2.05) is 0 Å². The Kier molecular flexibility index (Phi) is 5.51. The third-order valence-corrected chi connectivity index (χ3v) is 5.90. The Bertz CT molecular complexity index is 664. The van der Waals surface area contributed by atoms with E-state index in [0.29, 0.717) is 6.04 Å². The van der Waals surface area contributed by atoms with Crippen LogP contribution in [0.25, 0.3) is 0 Å². The summed E-state index contributed by atoms with van der Waals surface area (Å²) in [5.74, 6) is 1.04. The first-order chi connectivity index (χ1) is 12.8. The van der Waals surface area contributed by atoms with E-state index in [2.05, 4.69) is 42.0 Å². The highest BCUT2D eigenvalue weighted by Gasteiger charge is 2.32. The van der Waals surface area contributed by atoms with Gasteiger partial charge < -0.3 is 4.74 Å². The van der Waals surface area contributed by atoms with Crippen molar-refractivity contribution in [2.45, 2.75) is 64.8 Å². The number of ether oxygens (including phenoxy) is 1. The molecule has 0 bridgehead atoms. The number of rotatable bonds is 6. The topological polar surface area (TPSA) is 24.9 Å². The standard InChI is InChI=1S/C22H32N2O2/c1-3-12-23(13-4-2)18-14-19-21(10-7-11-22(19)25-16-18)24-20-9-6-5-8-17(20)15-26-24/h7,10-11,18H,3-6,8-9,12-16H2,1-2H3. The van der Waals surface area contributed by atoms with E-state index >= 15 is 0 Å². The SMILES string of the molecule is CCCN(CCC)C1COc2cccc(N3OCC4=C3CCCC4)c2C1. The van der Waals surface area contributed by atoms with E-state index in [9.17, 15) is 0 Å². The fourth-order valence-electron chi connectivity index (χ4n) is 4.64. The number of nitrogens with zero attached hydrogens (tertiary/aromatic N) is 2. The largest absolute Gasteiger partial charge is 0.492 e. The number of allylic oxidation sites excluding steroid dienone is 1. The van der Waals surface area contributed by atoms with Crippen LogP contribution >= 0.6 is 0 Å². The minimum absolute atomic E-state index is 0.464. The van der Waals surface area contributed by atoms with Gasteiger partial charge in [-0.15, -0.1) is 0 Å². The zero-order valence-corrected chi connectivity index (χ0v) is 16.3. The van der Waals surface area contributed by atoms with E-state index in [0.717, 1.165) is 44.9 Å². The molecule has 0 aromatic heterocycles. The van der Waals surface area contributed by atoms with Crippen LogP contribution in [-0.4, -0.2) is 37.2 Å². The summed E-state index contributed by atoms with van der Waals surface area (Å²) in [6.07, 6.45) is 8.34. The van der Waals surface area contributed by atoms with Crippen LogP contribution in [0, 0.1) is 0 Å². The van der Waals surface area contributed by atoms with Crippen molar-refractivity contribution in [1.29, 1.82) is 0 Å². The van der Waals surface area contributed by atoms with Gasteiger partial charge in [-0.3, -0.25) is 9.74 Å². The molecule has 0 saturated heterocycles. The predicted molar refractivity (Wildman–Crippen MR) is 106 cm³/mol. The fourth-order valence-corrected chi connectivity index (χ4v) is 4.64. The summed E-state index contributed by atoms with van der Waals surface area (Å²) < 4.78 is 6.21. The third kappa shape index (κ3) is 3.37. The molecule has 0 amide bonds. The Morgan fingerprint density at radius 3 is 2.73 bits per heavy atom. The van der Waals surface area contributed by atoms with Crippen LogP contribution in [-0.2, 0) is 11.3 Å².